The van der Waals surface area contributed by atoms with E-state index in [4.69, 9.17) is 16.2 Å². The van der Waals surface area contributed by atoms with Crippen LogP contribution in [0.3, 0.4) is 0 Å². The first-order valence-electron chi connectivity index (χ1n) is 12.9. The van der Waals surface area contributed by atoms with E-state index in [0.29, 0.717) is 0 Å². The van der Waals surface area contributed by atoms with Crippen molar-refractivity contribution in [2.24, 2.45) is 17.4 Å². The molecule has 2 aromatic rings. The summed E-state index contributed by atoms with van der Waals surface area (Å²) in [6.07, 6.45) is 4.82. The zero-order valence-electron chi connectivity index (χ0n) is 20.4. The number of nitrogens with two attached hydrogens (primary N) is 2. The van der Waals surface area contributed by atoms with E-state index in [0.717, 1.165) is 54.4 Å². The van der Waals surface area contributed by atoms with E-state index in [-0.39, 0.29) is 37.3 Å². The highest BCUT2D eigenvalue weighted by Gasteiger charge is 2.42. The lowest BCUT2D eigenvalue weighted by molar-refractivity contribution is -0.139. The van der Waals surface area contributed by atoms with Gasteiger partial charge in [0.15, 0.2) is 0 Å². The second-order valence-electron chi connectivity index (χ2n) is 10.2. The Morgan fingerprint density at radius 3 is 2.19 bits per heavy atom. The molecule has 1 heterocycles. The Morgan fingerprint density at radius 1 is 0.972 bits per heavy atom. The van der Waals surface area contributed by atoms with E-state index in [1.54, 1.807) is 0 Å². The lowest BCUT2D eigenvalue weighted by atomic mass is 9.83. The first-order valence-corrected chi connectivity index (χ1v) is 12.9. The fraction of sp³-hybridized carbons (Fsp3) is 0.464. The molecule has 2 aliphatic carbocycles. The largest absolute Gasteiger partial charge is 0.449 e. The van der Waals surface area contributed by atoms with E-state index in [2.05, 4.69) is 29.6 Å². The third-order valence-electron chi connectivity index (χ3n) is 8.02. The highest BCUT2D eigenvalue weighted by atomic mass is 16.5. The number of carbonyl (C=O) groups is 3. The number of hydrogen-bond donors (Lipinski definition) is 3. The van der Waals surface area contributed by atoms with Crippen LogP contribution in [0.15, 0.2) is 48.5 Å². The molecule has 1 aliphatic heterocycles. The number of benzene rings is 2. The van der Waals surface area contributed by atoms with Crippen LogP contribution in [0.1, 0.15) is 55.6 Å². The van der Waals surface area contributed by atoms with Crippen molar-refractivity contribution in [2.45, 2.75) is 62.6 Å². The smallest absolute Gasteiger partial charge is 0.407 e. The van der Waals surface area contributed by atoms with Gasteiger partial charge in [-0.15, -0.1) is 0 Å². The van der Waals surface area contributed by atoms with Crippen LogP contribution in [-0.2, 0) is 14.3 Å². The minimum atomic E-state index is -0.786. The van der Waals surface area contributed by atoms with E-state index in [9.17, 15) is 14.4 Å². The van der Waals surface area contributed by atoms with Crippen molar-refractivity contribution in [3.05, 3.63) is 59.7 Å². The monoisotopic (exact) mass is 490 g/mol. The van der Waals surface area contributed by atoms with E-state index in [1.807, 2.05) is 24.3 Å². The fourth-order valence-electron chi connectivity index (χ4n) is 6.15. The molecule has 8 heteroatoms. The molecule has 1 saturated carbocycles. The Kier molecular flexibility index (Phi) is 6.96. The third kappa shape index (κ3) is 4.69. The van der Waals surface area contributed by atoms with Gasteiger partial charge in [-0.2, -0.15) is 0 Å². The molecule has 3 aliphatic rings. The summed E-state index contributed by atoms with van der Waals surface area (Å²) >= 11 is 0. The number of amides is 3. The highest BCUT2D eigenvalue weighted by molar-refractivity contribution is 5.90. The van der Waals surface area contributed by atoms with Crippen LogP contribution >= 0.6 is 0 Å². The third-order valence-corrected chi connectivity index (χ3v) is 8.02. The van der Waals surface area contributed by atoms with Gasteiger partial charge < -0.3 is 26.4 Å². The van der Waals surface area contributed by atoms with Crippen LogP contribution in [0.5, 0.6) is 0 Å². The second-order valence-corrected chi connectivity index (χ2v) is 10.2. The molecular weight excluding hydrogens is 456 g/mol. The van der Waals surface area contributed by atoms with Crippen molar-refractivity contribution in [1.82, 2.24) is 10.2 Å². The van der Waals surface area contributed by atoms with Gasteiger partial charge >= 0.3 is 6.09 Å². The standard InChI is InChI=1S/C28H34N4O4/c29-25(17-8-2-1-3-9-17)27(34)32-15-18(14-24(32)26(30)33)31-28(35)36-16-23-21-12-6-4-10-19(21)20-11-5-7-13-22(20)23/h4-7,10-13,17-18,23-25H,1-3,8-9,14-16,29H2,(H2,30,33)(H,31,35). The molecule has 3 unspecified atom stereocenters. The minimum Gasteiger partial charge on any atom is -0.449 e. The molecule has 0 aromatic heterocycles. The average Bonchev–Trinajstić information content (AvgIpc) is 3.46. The maximum absolute atomic E-state index is 13.2. The maximum Gasteiger partial charge on any atom is 0.407 e. The number of nitrogens with one attached hydrogen (secondary N) is 1. The maximum atomic E-state index is 13.2. The van der Waals surface area contributed by atoms with Gasteiger partial charge in [-0.25, -0.2) is 4.79 Å². The Balaban J connectivity index is 1.20. The minimum absolute atomic E-state index is 0.0448. The number of fused-ring (bicyclic) bond motifs is 3. The number of carbonyl (C=O) groups excluding carboxylic acids is 3. The van der Waals surface area contributed by atoms with Gasteiger partial charge in [-0.3, -0.25) is 9.59 Å². The van der Waals surface area contributed by atoms with Crippen LogP contribution in [0, 0.1) is 5.92 Å². The second kappa shape index (κ2) is 10.3. The highest BCUT2D eigenvalue weighted by Crippen LogP contribution is 2.44. The zero-order chi connectivity index (χ0) is 25.2. The van der Waals surface area contributed by atoms with Gasteiger partial charge in [-0.1, -0.05) is 67.8 Å². The lowest BCUT2D eigenvalue weighted by Gasteiger charge is -2.31. The summed E-state index contributed by atoms with van der Waals surface area (Å²) in [7, 11) is 0. The number of hydrogen-bond acceptors (Lipinski definition) is 5. The summed E-state index contributed by atoms with van der Waals surface area (Å²) in [5.41, 5.74) is 16.5. The first-order chi connectivity index (χ1) is 17.4. The van der Waals surface area contributed by atoms with Crippen molar-refractivity contribution in [1.29, 1.82) is 0 Å². The zero-order valence-corrected chi connectivity index (χ0v) is 20.4. The number of ether oxygens (including phenoxy) is 1. The first kappa shape index (κ1) is 24.3. The molecule has 190 valence electrons. The molecule has 2 fully saturated rings. The van der Waals surface area contributed by atoms with E-state index in [1.165, 1.54) is 4.90 Å². The number of alkyl carbamates (subject to hydrolysis) is 1. The van der Waals surface area contributed by atoms with Crippen molar-refractivity contribution in [2.75, 3.05) is 13.2 Å². The topological polar surface area (TPSA) is 128 Å². The van der Waals surface area contributed by atoms with Gasteiger partial charge in [0, 0.05) is 12.5 Å². The SMILES string of the molecule is NC(=O)C1CC(NC(=O)OCC2c3ccccc3-c3ccccc32)CN1C(=O)C(N)C1CCCCC1. The number of rotatable bonds is 6. The van der Waals surface area contributed by atoms with Gasteiger partial charge in [0.05, 0.1) is 12.1 Å². The molecule has 0 radical (unpaired) electrons. The number of likely N-dealkylation sites (tertiary alicyclic amines) is 1. The van der Waals surface area contributed by atoms with Gasteiger partial charge in [0.25, 0.3) is 0 Å². The summed E-state index contributed by atoms with van der Waals surface area (Å²) in [6, 6.07) is 14.4. The summed E-state index contributed by atoms with van der Waals surface area (Å²) < 4.78 is 5.64. The Labute approximate surface area is 211 Å². The summed E-state index contributed by atoms with van der Waals surface area (Å²) in [6.45, 7) is 0.387. The Morgan fingerprint density at radius 2 is 1.58 bits per heavy atom. The van der Waals surface area contributed by atoms with Crippen LogP contribution in [0.4, 0.5) is 4.79 Å². The van der Waals surface area contributed by atoms with Crippen molar-refractivity contribution < 1.29 is 19.1 Å². The average molecular weight is 491 g/mol. The van der Waals surface area contributed by atoms with Crippen molar-refractivity contribution in [3.63, 3.8) is 0 Å². The summed E-state index contributed by atoms with van der Waals surface area (Å²) in [4.78, 5) is 39.5. The molecule has 2 aromatic carbocycles. The van der Waals surface area contributed by atoms with Gasteiger partial charge in [0.1, 0.15) is 12.6 Å². The predicted molar refractivity (Wildman–Crippen MR) is 136 cm³/mol. The molecular formula is C28H34N4O4. The van der Waals surface area contributed by atoms with E-state index < -0.39 is 30.1 Å². The van der Waals surface area contributed by atoms with Gasteiger partial charge in [-0.05, 0) is 47.4 Å². The molecule has 3 atom stereocenters. The molecule has 0 spiro atoms. The predicted octanol–water partition coefficient (Wildman–Crippen LogP) is 2.89. The lowest BCUT2D eigenvalue weighted by Crippen LogP contribution is -2.53. The van der Waals surface area contributed by atoms with Crippen LogP contribution < -0.4 is 16.8 Å². The quantitative estimate of drug-likeness (QED) is 0.574. The van der Waals surface area contributed by atoms with Crippen molar-refractivity contribution >= 4 is 17.9 Å². The fourth-order valence-corrected chi connectivity index (χ4v) is 6.15. The number of primary amides is 1. The molecule has 5 N–H and O–H groups in total. The molecule has 8 nitrogen and oxygen atoms in total. The number of nitrogens with zero attached hydrogens (tertiary/aromatic N) is 1. The van der Waals surface area contributed by atoms with Crippen LogP contribution in [0.25, 0.3) is 11.1 Å². The van der Waals surface area contributed by atoms with Gasteiger partial charge in [0.2, 0.25) is 11.8 Å². The summed E-state index contributed by atoms with van der Waals surface area (Å²) in [5, 5.41) is 2.84. The van der Waals surface area contributed by atoms with Crippen LogP contribution in [0.2, 0.25) is 0 Å². The van der Waals surface area contributed by atoms with Crippen LogP contribution in [-0.4, -0.2) is 54.1 Å². The molecule has 0 bridgehead atoms. The normalized spacial score (nSPS) is 22.5. The molecule has 36 heavy (non-hydrogen) atoms. The van der Waals surface area contributed by atoms with E-state index >= 15 is 0 Å². The Bertz CT molecular complexity index is 1100. The van der Waals surface area contributed by atoms with Crippen molar-refractivity contribution in [3.8, 4) is 11.1 Å². The molecule has 3 amide bonds. The Hall–Kier alpha value is -3.39. The molecule has 1 saturated heterocycles. The molecule has 5 rings (SSSR count). The summed E-state index contributed by atoms with van der Waals surface area (Å²) in [5.74, 6) is -0.774.